The molecule has 0 spiro atoms. The van der Waals surface area contributed by atoms with Crippen LogP contribution in [0.25, 0.3) is 5.69 Å². The maximum absolute atomic E-state index is 11.7. The van der Waals surface area contributed by atoms with Gasteiger partial charge in [-0.3, -0.25) is 0 Å². The third kappa shape index (κ3) is 2.62. The lowest BCUT2D eigenvalue weighted by atomic mass is 10.3. The summed E-state index contributed by atoms with van der Waals surface area (Å²) >= 11 is 0.770. The Morgan fingerprint density at radius 2 is 2.17 bits per heavy atom. The van der Waals surface area contributed by atoms with Gasteiger partial charge in [0.1, 0.15) is 0 Å². The molecule has 1 heterocycles. The molecule has 6 nitrogen and oxygen atoms in total. The first kappa shape index (κ1) is 12.4. The molecule has 0 fully saturated rings. The maximum atomic E-state index is 11.7. The first-order valence-corrected chi connectivity index (χ1v) is 6.11. The van der Waals surface area contributed by atoms with Crippen molar-refractivity contribution in [3.63, 3.8) is 0 Å². The lowest BCUT2D eigenvalue weighted by molar-refractivity contribution is 0.181. The third-order valence-electron chi connectivity index (χ3n) is 2.09. The molecule has 0 aliphatic carbocycles. The number of ether oxygens (including phenoxy) is 1. The Balaban J connectivity index is 2.34. The highest BCUT2D eigenvalue weighted by Crippen LogP contribution is 2.19. The van der Waals surface area contributed by atoms with Crippen molar-refractivity contribution in [1.82, 2.24) is 14.8 Å². The first-order chi connectivity index (χ1) is 8.72. The van der Waals surface area contributed by atoms with Crippen LogP contribution in [0.15, 0.2) is 40.3 Å². The SMILES string of the molecule is CCOC(=O)Sc1n[nH]c(=O)n1-c1ccccc1. The summed E-state index contributed by atoms with van der Waals surface area (Å²) in [4.78, 5) is 23.0. The molecule has 0 radical (unpaired) electrons. The predicted molar refractivity (Wildman–Crippen MR) is 67.1 cm³/mol. The van der Waals surface area contributed by atoms with Gasteiger partial charge in [0.05, 0.1) is 12.3 Å². The fourth-order valence-corrected chi connectivity index (χ4v) is 2.07. The van der Waals surface area contributed by atoms with E-state index in [4.69, 9.17) is 4.74 Å². The number of hydrogen-bond acceptors (Lipinski definition) is 5. The van der Waals surface area contributed by atoms with Crippen molar-refractivity contribution in [1.29, 1.82) is 0 Å². The zero-order valence-corrected chi connectivity index (χ0v) is 10.4. The number of H-pyrrole nitrogens is 1. The average molecular weight is 265 g/mol. The molecule has 0 amide bonds. The van der Waals surface area contributed by atoms with E-state index >= 15 is 0 Å². The molecule has 1 aromatic heterocycles. The second-order valence-corrected chi connectivity index (χ2v) is 4.17. The summed E-state index contributed by atoms with van der Waals surface area (Å²) in [6.45, 7) is 2.00. The van der Waals surface area contributed by atoms with E-state index in [1.165, 1.54) is 4.57 Å². The van der Waals surface area contributed by atoms with Crippen LogP contribution in [-0.2, 0) is 4.74 Å². The minimum absolute atomic E-state index is 0.254. The number of carbonyl (C=O) groups is 1. The van der Waals surface area contributed by atoms with E-state index in [0.717, 1.165) is 11.8 Å². The largest absolute Gasteiger partial charge is 0.458 e. The number of hydrogen-bond donors (Lipinski definition) is 1. The Morgan fingerprint density at radius 3 is 2.83 bits per heavy atom. The second kappa shape index (κ2) is 5.54. The van der Waals surface area contributed by atoms with Crippen LogP contribution in [0.3, 0.4) is 0 Å². The van der Waals surface area contributed by atoms with Gasteiger partial charge in [-0.15, -0.1) is 5.10 Å². The van der Waals surface area contributed by atoms with Crippen LogP contribution in [-0.4, -0.2) is 26.7 Å². The fourth-order valence-electron chi connectivity index (χ4n) is 1.38. The van der Waals surface area contributed by atoms with Gasteiger partial charge in [0, 0.05) is 11.8 Å². The summed E-state index contributed by atoms with van der Waals surface area (Å²) in [5.74, 6) is 0. The van der Waals surface area contributed by atoms with E-state index < -0.39 is 11.0 Å². The zero-order chi connectivity index (χ0) is 13.0. The summed E-state index contributed by atoms with van der Waals surface area (Å²) < 4.78 is 6.12. The number of aromatic nitrogens is 3. The van der Waals surface area contributed by atoms with Gasteiger partial charge in [0.15, 0.2) is 0 Å². The van der Waals surface area contributed by atoms with E-state index in [-0.39, 0.29) is 11.8 Å². The van der Waals surface area contributed by atoms with Crippen LogP contribution < -0.4 is 5.69 Å². The van der Waals surface area contributed by atoms with Crippen molar-refractivity contribution in [2.45, 2.75) is 12.1 Å². The van der Waals surface area contributed by atoms with Crippen LogP contribution in [0.5, 0.6) is 0 Å². The Bertz CT molecular complexity index is 591. The van der Waals surface area contributed by atoms with Gasteiger partial charge in [-0.25, -0.2) is 19.3 Å². The number of nitrogens with one attached hydrogen (secondary N) is 1. The molecule has 0 saturated carbocycles. The van der Waals surface area contributed by atoms with Crippen molar-refractivity contribution in [3.05, 3.63) is 40.8 Å². The van der Waals surface area contributed by atoms with E-state index in [1.54, 1.807) is 31.2 Å². The molecule has 0 bridgehead atoms. The molecule has 1 aromatic carbocycles. The van der Waals surface area contributed by atoms with E-state index in [1.807, 2.05) is 6.07 Å². The lowest BCUT2D eigenvalue weighted by Crippen LogP contribution is -2.15. The molecule has 0 unspecified atom stereocenters. The van der Waals surface area contributed by atoms with Gasteiger partial charge in [-0.2, -0.15) is 0 Å². The molecule has 0 aliphatic heterocycles. The Kier molecular flexibility index (Phi) is 3.83. The van der Waals surface area contributed by atoms with Gasteiger partial charge in [-0.05, 0) is 19.1 Å². The first-order valence-electron chi connectivity index (χ1n) is 5.30. The average Bonchev–Trinajstić information content (AvgIpc) is 2.72. The van der Waals surface area contributed by atoms with Gasteiger partial charge in [0.2, 0.25) is 5.16 Å². The number of carbonyl (C=O) groups excluding carboxylic acids is 1. The molecule has 94 valence electrons. The van der Waals surface area contributed by atoms with Gasteiger partial charge >= 0.3 is 11.0 Å². The van der Waals surface area contributed by atoms with Crippen LogP contribution >= 0.6 is 11.8 Å². The number of benzene rings is 1. The molecular formula is C11H11N3O3S. The Morgan fingerprint density at radius 1 is 1.44 bits per heavy atom. The fraction of sp³-hybridized carbons (Fsp3) is 0.182. The van der Waals surface area contributed by atoms with Gasteiger partial charge < -0.3 is 4.74 Å². The molecule has 18 heavy (non-hydrogen) atoms. The van der Waals surface area contributed by atoms with Crippen molar-refractivity contribution >= 4 is 17.1 Å². The second-order valence-electron chi connectivity index (χ2n) is 3.27. The van der Waals surface area contributed by atoms with Crippen molar-refractivity contribution < 1.29 is 9.53 Å². The summed E-state index contributed by atoms with van der Waals surface area (Å²) in [6.07, 6.45) is 0. The third-order valence-corrected chi connectivity index (χ3v) is 2.83. The van der Waals surface area contributed by atoms with Crippen LogP contribution in [0, 0.1) is 0 Å². The smallest absolute Gasteiger partial charge is 0.375 e. The van der Waals surface area contributed by atoms with Crippen molar-refractivity contribution in [2.75, 3.05) is 6.61 Å². The lowest BCUT2D eigenvalue weighted by Gasteiger charge is -2.04. The Hall–Kier alpha value is -2.02. The predicted octanol–water partition coefficient (Wildman–Crippen LogP) is 1.81. The van der Waals surface area contributed by atoms with Crippen LogP contribution in [0.4, 0.5) is 4.79 Å². The monoisotopic (exact) mass is 265 g/mol. The minimum Gasteiger partial charge on any atom is -0.458 e. The molecule has 7 heteroatoms. The molecule has 0 saturated heterocycles. The summed E-state index contributed by atoms with van der Waals surface area (Å²) in [6, 6.07) is 8.95. The van der Waals surface area contributed by atoms with E-state index in [2.05, 4.69) is 10.2 Å². The Labute approximate surface area is 107 Å². The molecular weight excluding hydrogens is 254 g/mol. The summed E-state index contributed by atoms with van der Waals surface area (Å²) in [5.41, 5.74) is 0.246. The van der Waals surface area contributed by atoms with Crippen molar-refractivity contribution in [2.24, 2.45) is 0 Å². The topological polar surface area (TPSA) is 77.0 Å². The summed E-state index contributed by atoms with van der Waals surface area (Å²) in [5, 5.41) is 5.88. The minimum atomic E-state index is -0.492. The highest BCUT2D eigenvalue weighted by molar-refractivity contribution is 8.13. The molecule has 0 aliphatic rings. The van der Waals surface area contributed by atoms with Gasteiger partial charge in [0.25, 0.3) is 0 Å². The molecule has 2 aromatic rings. The maximum Gasteiger partial charge on any atom is 0.375 e. The number of rotatable bonds is 3. The van der Waals surface area contributed by atoms with Crippen molar-refractivity contribution in [3.8, 4) is 5.69 Å². The number of nitrogens with zero attached hydrogens (tertiary/aromatic N) is 2. The van der Waals surface area contributed by atoms with Gasteiger partial charge in [-0.1, -0.05) is 18.2 Å². The van der Waals surface area contributed by atoms with E-state index in [9.17, 15) is 9.59 Å². The normalized spacial score (nSPS) is 10.3. The van der Waals surface area contributed by atoms with Crippen LogP contribution in [0.2, 0.25) is 0 Å². The number of para-hydroxylation sites is 1. The highest BCUT2D eigenvalue weighted by atomic mass is 32.2. The molecule has 0 atom stereocenters. The standard InChI is InChI=1S/C11H11N3O3S/c1-2-17-11(16)18-10-13-12-9(15)14(10)8-6-4-3-5-7-8/h3-7H,2H2,1H3,(H,12,15). The molecule has 1 N–H and O–H groups in total. The molecule has 2 rings (SSSR count). The zero-order valence-electron chi connectivity index (χ0n) is 9.62. The highest BCUT2D eigenvalue weighted by Gasteiger charge is 2.15. The number of thioether (sulfide) groups is 1. The summed E-state index contributed by atoms with van der Waals surface area (Å²) in [7, 11) is 0. The number of aromatic amines is 1. The van der Waals surface area contributed by atoms with E-state index in [0.29, 0.717) is 5.69 Å². The van der Waals surface area contributed by atoms with Crippen LogP contribution in [0.1, 0.15) is 6.92 Å². The quantitative estimate of drug-likeness (QED) is 0.676.